The molecule has 0 aromatic heterocycles. The van der Waals surface area contributed by atoms with Crippen LogP contribution in [0.15, 0.2) is 0 Å². The van der Waals surface area contributed by atoms with Crippen molar-refractivity contribution in [1.82, 2.24) is 0 Å². The lowest BCUT2D eigenvalue weighted by atomic mass is 9.43. The van der Waals surface area contributed by atoms with Crippen molar-refractivity contribution in [2.45, 2.75) is 97.2 Å². The average Bonchev–Trinajstić information content (AvgIpc) is 3.09. The molecule has 0 aromatic rings. The summed E-state index contributed by atoms with van der Waals surface area (Å²) in [6.07, 6.45) is 8.41. The molecule has 0 spiro atoms. The van der Waals surface area contributed by atoms with Crippen LogP contribution in [0.5, 0.6) is 0 Å². The molecule has 4 N–H and O–H groups in total. The predicted molar refractivity (Wildman–Crippen MR) is 125 cm³/mol. The zero-order valence-electron chi connectivity index (χ0n) is 20.8. The second kappa shape index (κ2) is 9.75. The molecule has 0 bridgehead atoms. The molecule has 10 atom stereocenters. The summed E-state index contributed by atoms with van der Waals surface area (Å²) in [4.78, 5) is 29.4. The highest BCUT2D eigenvalue weighted by atomic mass is 31.2. The van der Waals surface area contributed by atoms with E-state index >= 15 is 0 Å². The van der Waals surface area contributed by atoms with Gasteiger partial charge in [-0.25, -0.2) is 9.09 Å². The van der Waals surface area contributed by atoms with E-state index in [4.69, 9.17) is 14.5 Å². The van der Waals surface area contributed by atoms with Crippen LogP contribution in [0.3, 0.4) is 0 Å². The first kappa shape index (κ1) is 26.6. The first-order valence-electron chi connectivity index (χ1n) is 13.1. The molecule has 4 rings (SSSR count). The molecule has 0 heterocycles. The number of rotatable bonds is 7. The fraction of sp³-hybridized carbons (Fsp3) is 0.960. The third-order valence-corrected chi connectivity index (χ3v) is 11.1. The van der Waals surface area contributed by atoms with Crippen molar-refractivity contribution in [2.24, 2.45) is 46.3 Å². The fourth-order valence-corrected chi connectivity index (χ4v) is 9.15. The molecule has 0 saturated heterocycles. The number of carbonyl (C=O) groups excluding carboxylic acids is 1. The molecule has 8 nitrogen and oxygen atoms in total. The Morgan fingerprint density at radius 2 is 1.71 bits per heavy atom. The van der Waals surface area contributed by atoms with Crippen LogP contribution in [0.2, 0.25) is 0 Å². The molecule has 4 fully saturated rings. The Morgan fingerprint density at radius 1 is 1.03 bits per heavy atom. The summed E-state index contributed by atoms with van der Waals surface area (Å²) in [7, 11) is -4.65. The topological polar surface area (TPSA) is 134 Å². The Morgan fingerprint density at radius 3 is 2.41 bits per heavy atom. The Bertz CT molecular complexity index is 800. The smallest absolute Gasteiger partial charge is 0.438 e. The summed E-state index contributed by atoms with van der Waals surface area (Å²) >= 11 is 0. The minimum absolute atomic E-state index is 0.145. The summed E-state index contributed by atoms with van der Waals surface area (Å²) in [6, 6.07) is 0. The van der Waals surface area contributed by atoms with Crippen molar-refractivity contribution >= 4 is 13.8 Å². The molecule has 4 aliphatic rings. The van der Waals surface area contributed by atoms with E-state index < -0.39 is 20.6 Å². The van der Waals surface area contributed by atoms with Gasteiger partial charge in [0, 0.05) is 6.42 Å². The van der Waals surface area contributed by atoms with Crippen molar-refractivity contribution in [3.8, 4) is 0 Å². The molecular weight excluding hydrogens is 459 g/mol. The van der Waals surface area contributed by atoms with Gasteiger partial charge in [-0.05, 0) is 104 Å². The average molecular weight is 503 g/mol. The van der Waals surface area contributed by atoms with Gasteiger partial charge in [-0.2, -0.15) is 0 Å². The number of fused-ring (bicyclic) bond motifs is 5. The van der Waals surface area contributed by atoms with Gasteiger partial charge in [0.15, 0.2) is 0 Å². The fourth-order valence-electron chi connectivity index (χ4n) is 8.96. The maximum atomic E-state index is 12.0. The van der Waals surface area contributed by atoms with Gasteiger partial charge in [-0.1, -0.05) is 20.8 Å². The number of hydrogen-bond donors (Lipinski definition) is 4. The second-order valence-electron chi connectivity index (χ2n) is 12.2. The van der Waals surface area contributed by atoms with Crippen LogP contribution in [0.25, 0.3) is 0 Å². The highest BCUT2D eigenvalue weighted by molar-refractivity contribution is 7.46. The van der Waals surface area contributed by atoms with Gasteiger partial charge in [0.2, 0.25) is 6.79 Å². The molecule has 0 amide bonds. The van der Waals surface area contributed by atoms with Gasteiger partial charge in [0.1, 0.15) is 0 Å². The molecule has 0 radical (unpaired) electrons. The molecular formula is C25H43O8P. The molecule has 34 heavy (non-hydrogen) atoms. The van der Waals surface area contributed by atoms with Crippen molar-refractivity contribution in [2.75, 3.05) is 6.79 Å². The summed E-state index contributed by atoms with van der Waals surface area (Å²) < 4.78 is 19.7. The summed E-state index contributed by atoms with van der Waals surface area (Å²) in [5.74, 6) is 2.02. The molecule has 4 saturated carbocycles. The van der Waals surface area contributed by atoms with E-state index in [-0.39, 0.29) is 29.5 Å². The Hall–Kier alpha value is -0.500. The normalized spacial score (nSPS) is 45.1. The van der Waals surface area contributed by atoms with Crippen molar-refractivity contribution in [3.05, 3.63) is 0 Å². The number of aliphatic hydroxyl groups is 2. The Kier molecular flexibility index (Phi) is 7.62. The quantitative estimate of drug-likeness (QED) is 0.233. The lowest BCUT2D eigenvalue weighted by Gasteiger charge is -2.62. The van der Waals surface area contributed by atoms with E-state index in [0.29, 0.717) is 41.9 Å². The van der Waals surface area contributed by atoms with Gasteiger partial charge >= 0.3 is 13.8 Å². The van der Waals surface area contributed by atoms with Crippen molar-refractivity contribution in [1.29, 1.82) is 0 Å². The third-order valence-electron chi connectivity index (χ3n) is 10.7. The van der Waals surface area contributed by atoms with Crippen molar-refractivity contribution in [3.63, 3.8) is 0 Å². The summed E-state index contributed by atoms with van der Waals surface area (Å²) in [5.41, 5.74) is 0.361. The predicted octanol–water partition coefficient (Wildman–Crippen LogP) is 4.00. The molecule has 0 aromatic carbocycles. The van der Waals surface area contributed by atoms with Gasteiger partial charge in [0.05, 0.1) is 12.2 Å². The molecule has 0 aliphatic heterocycles. The van der Waals surface area contributed by atoms with Crippen LogP contribution < -0.4 is 0 Å². The number of ether oxygens (including phenoxy) is 1. The minimum Gasteiger partial charge on any atom is -0.438 e. The lowest BCUT2D eigenvalue weighted by molar-refractivity contribution is -0.174. The van der Waals surface area contributed by atoms with Crippen molar-refractivity contribution < 1.29 is 38.6 Å². The van der Waals surface area contributed by atoms with E-state index in [1.807, 2.05) is 0 Å². The van der Waals surface area contributed by atoms with Gasteiger partial charge in [0.25, 0.3) is 0 Å². The van der Waals surface area contributed by atoms with Crippen LogP contribution in [-0.4, -0.2) is 45.0 Å². The van der Waals surface area contributed by atoms with E-state index in [1.54, 1.807) is 0 Å². The number of phosphoric acid groups is 1. The summed E-state index contributed by atoms with van der Waals surface area (Å²) in [5, 5.41) is 21.6. The minimum atomic E-state index is -4.65. The van der Waals surface area contributed by atoms with E-state index in [1.165, 1.54) is 0 Å². The number of esters is 1. The summed E-state index contributed by atoms with van der Waals surface area (Å²) in [6.45, 7) is 6.28. The van der Waals surface area contributed by atoms with Gasteiger partial charge in [-0.3, -0.25) is 4.79 Å². The third kappa shape index (κ3) is 5.01. The molecule has 9 heteroatoms. The molecule has 4 aliphatic carbocycles. The largest absolute Gasteiger partial charge is 0.472 e. The second-order valence-corrected chi connectivity index (χ2v) is 13.5. The number of carbonyl (C=O) groups is 1. The zero-order valence-corrected chi connectivity index (χ0v) is 21.7. The molecule has 3 unspecified atom stereocenters. The highest BCUT2D eigenvalue weighted by Crippen LogP contribution is 2.68. The first-order chi connectivity index (χ1) is 15.8. The van der Waals surface area contributed by atoms with Crippen LogP contribution in [0.1, 0.15) is 85.0 Å². The SMILES string of the molecule is C[C@H](CCC(=O)OCOP(=O)(O)O)C1CCC2[C@H]3C(CC[C@@]21C)[C@@]1(C)CC[C@@H](O)C[C@H]1C[C@@H]3O. The van der Waals surface area contributed by atoms with Gasteiger partial charge in [-0.15, -0.1) is 0 Å². The molecule has 196 valence electrons. The van der Waals surface area contributed by atoms with Crippen LogP contribution in [0.4, 0.5) is 0 Å². The van der Waals surface area contributed by atoms with Crippen LogP contribution >= 0.6 is 7.82 Å². The maximum Gasteiger partial charge on any atom is 0.472 e. The van der Waals surface area contributed by atoms with Gasteiger partial charge < -0.3 is 24.7 Å². The lowest BCUT2D eigenvalue weighted by Crippen LogP contribution is -2.58. The number of phosphoric ester groups is 1. The van der Waals surface area contributed by atoms with E-state index in [9.17, 15) is 19.6 Å². The zero-order chi connectivity index (χ0) is 24.9. The standard InChI is InChI=1S/C25H43O8P/c1-15(4-7-22(28)32-14-33-34(29,30)31)18-5-6-19-23-20(9-11-25(18,19)3)24(2)10-8-17(26)12-16(24)13-21(23)27/h15-21,23,26-27H,4-14H2,1-3H3,(H2,29,30,31)/t15-,16+,17-,18?,19?,20?,21+,23+,24+,25-/m1/s1. The highest BCUT2D eigenvalue weighted by Gasteiger charge is 2.62. The van der Waals surface area contributed by atoms with Crippen LogP contribution in [0, 0.1) is 46.3 Å². The maximum absolute atomic E-state index is 12.0. The monoisotopic (exact) mass is 502 g/mol. The van der Waals surface area contributed by atoms with Crippen LogP contribution in [-0.2, 0) is 18.6 Å². The van der Waals surface area contributed by atoms with E-state index in [0.717, 1.165) is 51.4 Å². The number of hydrogen-bond acceptors (Lipinski definition) is 6. The number of aliphatic hydroxyl groups excluding tert-OH is 2. The first-order valence-corrected chi connectivity index (χ1v) is 14.6. The Labute approximate surface area is 203 Å². The van der Waals surface area contributed by atoms with E-state index in [2.05, 4.69) is 25.3 Å². The Balaban J connectivity index is 1.38.